The van der Waals surface area contributed by atoms with Crippen molar-refractivity contribution in [2.24, 2.45) is 5.73 Å². The van der Waals surface area contributed by atoms with Crippen molar-refractivity contribution >= 4 is 0 Å². The van der Waals surface area contributed by atoms with Crippen molar-refractivity contribution in [2.45, 2.75) is 13.0 Å². The first-order valence-electron chi connectivity index (χ1n) is 3.79. The largest absolute Gasteiger partial charge is 0.387 e. The second kappa shape index (κ2) is 3.65. The number of nitrogens with two attached hydrogens (primary N) is 1. The smallest absolute Gasteiger partial charge is 0.126 e. The van der Waals surface area contributed by atoms with Gasteiger partial charge in [-0.1, -0.05) is 12.1 Å². The minimum Gasteiger partial charge on any atom is -0.387 e. The molecule has 12 heavy (non-hydrogen) atoms. The van der Waals surface area contributed by atoms with Crippen LogP contribution < -0.4 is 5.73 Å². The average molecular weight is 169 g/mol. The fraction of sp³-hybridized carbons (Fsp3) is 0.333. The minimum absolute atomic E-state index is 0.114. The summed E-state index contributed by atoms with van der Waals surface area (Å²) in [7, 11) is 0. The molecule has 0 aliphatic carbocycles. The zero-order valence-corrected chi connectivity index (χ0v) is 6.92. The van der Waals surface area contributed by atoms with Crippen LogP contribution in [-0.2, 0) is 0 Å². The lowest BCUT2D eigenvalue weighted by Crippen LogP contribution is -2.11. The third kappa shape index (κ3) is 1.81. The van der Waals surface area contributed by atoms with E-state index in [0.717, 1.165) is 0 Å². The Morgan fingerprint density at radius 2 is 2.25 bits per heavy atom. The summed E-state index contributed by atoms with van der Waals surface area (Å²) in [5, 5.41) is 9.25. The summed E-state index contributed by atoms with van der Waals surface area (Å²) in [5.74, 6) is -0.306. The number of benzene rings is 1. The summed E-state index contributed by atoms with van der Waals surface area (Å²) >= 11 is 0. The van der Waals surface area contributed by atoms with E-state index in [1.165, 1.54) is 6.07 Å². The molecule has 0 radical (unpaired) electrons. The highest BCUT2D eigenvalue weighted by atomic mass is 19.1. The fourth-order valence-electron chi connectivity index (χ4n) is 0.952. The van der Waals surface area contributed by atoms with Crippen LogP contribution in [0, 0.1) is 12.7 Å². The molecule has 66 valence electrons. The van der Waals surface area contributed by atoms with Crippen LogP contribution in [0.4, 0.5) is 4.39 Å². The lowest BCUT2D eigenvalue weighted by atomic mass is 10.1. The van der Waals surface area contributed by atoms with E-state index >= 15 is 0 Å². The Labute approximate surface area is 70.8 Å². The summed E-state index contributed by atoms with van der Waals surface area (Å²) in [6.07, 6.45) is -0.764. The molecule has 0 aliphatic heterocycles. The van der Waals surface area contributed by atoms with Gasteiger partial charge in [-0.05, 0) is 24.1 Å². The topological polar surface area (TPSA) is 46.2 Å². The highest BCUT2D eigenvalue weighted by Crippen LogP contribution is 2.15. The molecule has 1 aromatic carbocycles. The third-order valence-electron chi connectivity index (χ3n) is 1.80. The fourth-order valence-corrected chi connectivity index (χ4v) is 0.952. The lowest BCUT2D eigenvalue weighted by molar-refractivity contribution is 0.186. The summed E-state index contributed by atoms with van der Waals surface area (Å²) in [6.45, 7) is 1.79. The van der Waals surface area contributed by atoms with Gasteiger partial charge in [0.25, 0.3) is 0 Å². The van der Waals surface area contributed by atoms with E-state index in [0.29, 0.717) is 11.1 Å². The lowest BCUT2D eigenvalue weighted by Gasteiger charge is -2.08. The Morgan fingerprint density at radius 3 is 2.75 bits per heavy atom. The van der Waals surface area contributed by atoms with Gasteiger partial charge in [0.05, 0.1) is 6.10 Å². The molecule has 0 aromatic heterocycles. The highest BCUT2D eigenvalue weighted by Gasteiger charge is 2.06. The van der Waals surface area contributed by atoms with Gasteiger partial charge in [-0.2, -0.15) is 0 Å². The molecule has 0 heterocycles. The Kier molecular flexibility index (Phi) is 2.78. The highest BCUT2D eigenvalue weighted by molar-refractivity contribution is 5.24. The van der Waals surface area contributed by atoms with Crippen molar-refractivity contribution in [1.29, 1.82) is 0 Å². The van der Waals surface area contributed by atoms with E-state index in [-0.39, 0.29) is 12.4 Å². The molecule has 3 heteroatoms. The Bertz CT molecular complexity index is 275. The van der Waals surface area contributed by atoms with Gasteiger partial charge in [-0.3, -0.25) is 0 Å². The van der Waals surface area contributed by atoms with E-state index in [1.807, 2.05) is 0 Å². The number of aliphatic hydroxyl groups excluding tert-OH is 1. The first-order valence-corrected chi connectivity index (χ1v) is 3.79. The number of halogens is 1. The SMILES string of the molecule is Cc1ccc(C(O)CN)cc1F. The predicted octanol–water partition coefficient (Wildman–Crippen LogP) is 1.13. The van der Waals surface area contributed by atoms with Gasteiger partial charge in [0.2, 0.25) is 0 Å². The molecule has 0 saturated carbocycles. The van der Waals surface area contributed by atoms with Crippen LogP contribution in [0.25, 0.3) is 0 Å². The summed E-state index contributed by atoms with van der Waals surface area (Å²) in [5.41, 5.74) is 6.32. The maximum Gasteiger partial charge on any atom is 0.126 e. The summed E-state index contributed by atoms with van der Waals surface area (Å²) < 4.78 is 12.9. The molecule has 1 unspecified atom stereocenters. The van der Waals surface area contributed by atoms with Crippen molar-refractivity contribution in [3.05, 3.63) is 35.1 Å². The summed E-state index contributed by atoms with van der Waals surface area (Å²) in [4.78, 5) is 0. The van der Waals surface area contributed by atoms with Gasteiger partial charge >= 0.3 is 0 Å². The van der Waals surface area contributed by atoms with Crippen LogP contribution in [0.3, 0.4) is 0 Å². The van der Waals surface area contributed by atoms with Crippen LogP contribution in [0.1, 0.15) is 17.2 Å². The molecule has 0 saturated heterocycles. The Morgan fingerprint density at radius 1 is 1.58 bits per heavy atom. The monoisotopic (exact) mass is 169 g/mol. The predicted molar refractivity (Wildman–Crippen MR) is 45.2 cm³/mol. The first kappa shape index (κ1) is 9.16. The van der Waals surface area contributed by atoms with Gasteiger partial charge in [-0.25, -0.2) is 4.39 Å². The maximum atomic E-state index is 12.9. The van der Waals surface area contributed by atoms with Crippen molar-refractivity contribution in [2.75, 3.05) is 6.54 Å². The van der Waals surface area contributed by atoms with E-state index in [4.69, 9.17) is 5.73 Å². The first-order chi connectivity index (χ1) is 5.65. The molecule has 0 spiro atoms. The molecule has 0 bridgehead atoms. The zero-order valence-electron chi connectivity index (χ0n) is 6.92. The van der Waals surface area contributed by atoms with Crippen molar-refractivity contribution < 1.29 is 9.50 Å². The minimum atomic E-state index is -0.764. The average Bonchev–Trinajstić information content (AvgIpc) is 2.08. The van der Waals surface area contributed by atoms with Crippen LogP contribution in [-0.4, -0.2) is 11.7 Å². The molecule has 2 nitrogen and oxygen atoms in total. The Balaban J connectivity index is 2.96. The van der Waals surface area contributed by atoms with Gasteiger partial charge in [-0.15, -0.1) is 0 Å². The molecule has 3 N–H and O–H groups in total. The second-order valence-electron chi connectivity index (χ2n) is 2.76. The maximum absolute atomic E-state index is 12.9. The number of hydrogen-bond donors (Lipinski definition) is 2. The molecular formula is C9H12FNO. The molecule has 1 rings (SSSR count). The molecule has 0 amide bonds. The zero-order chi connectivity index (χ0) is 9.14. The number of aryl methyl sites for hydroxylation is 1. The van der Waals surface area contributed by atoms with E-state index in [9.17, 15) is 9.50 Å². The third-order valence-corrected chi connectivity index (χ3v) is 1.80. The van der Waals surface area contributed by atoms with Crippen molar-refractivity contribution in [1.82, 2.24) is 0 Å². The van der Waals surface area contributed by atoms with Gasteiger partial charge in [0, 0.05) is 6.54 Å². The normalized spacial score (nSPS) is 13.0. The quantitative estimate of drug-likeness (QED) is 0.697. The van der Waals surface area contributed by atoms with Crippen LogP contribution in [0.5, 0.6) is 0 Å². The van der Waals surface area contributed by atoms with Gasteiger partial charge in [0.1, 0.15) is 5.82 Å². The molecule has 0 fully saturated rings. The number of rotatable bonds is 2. The standard InChI is InChI=1S/C9H12FNO/c1-6-2-3-7(4-8(6)10)9(12)5-11/h2-4,9,12H,5,11H2,1H3. The summed E-state index contributed by atoms with van der Waals surface area (Å²) in [6, 6.07) is 4.62. The van der Waals surface area contributed by atoms with Crippen LogP contribution >= 0.6 is 0 Å². The van der Waals surface area contributed by atoms with Crippen molar-refractivity contribution in [3.63, 3.8) is 0 Å². The van der Waals surface area contributed by atoms with Crippen molar-refractivity contribution in [3.8, 4) is 0 Å². The van der Waals surface area contributed by atoms with E-state index in [2.05, 4.69) is 0 Å². The van der Waals surface area contributed by atoms with E-state index in [1.54, 1.807) is 19.1 Å². The van der Waals surface area contributed by atoms with Gasteiger partial charge < -0.3 is 10.8 Å². The number of hydrogen-bond acceptors (Lipinski definition) is 2. The number of aliphatic hydroxyl groups is 1. The molecule has 1 aromatic rings. The molecular weight excluding hydrogens is 157 g/mol. The molecule has 1 atom stereocenters. The van der Waals surface area contributed by atoms with E-state index < -0.39 is 6.10 Å². The van der Waals surface area contributed by atoms with Crippen LogP contribution in [0.2, 0.25) is 0 Å². The Hall–Kier alpha value is -0.930. The second-order valence-corrected chi connectivity index (χ2v) is 2.76. The van der Waals surface area contributed by atoms with Gasteiger partial charge in [0.15, 0.2) is 0 Å². The molecule has 0 aliphatic rings. The van der Waals surface area contributed by atoms with Crippen LogP contribution in [0.15, 0.2) is 18.2 Å².